The summed E-state index contributed by atoms with van der Waals surface area (Å²) in [6.45, 7) is 7.57. The van der Waals surface area contributed by atoms with Crippen molar-refractivity contribution in [2.75, 3.05) is 19.7 Å². The molecule has 0 aromatic rings. The molecule has 1 atom stereocenters. The SMILES string of the molecule is CC(C)(C)NC(=O)N1CCCC(CO)C1. The van der Waals surface area contributed by atoms with Crippen molar-refractivity contribution < 1.29 is 9.90 Å². The van der Waals surface area contributed by atoms with Crippen LogP contribution in [0.25, 0.3) is 0 Å². The summed E-state index contributed by atoms with van der Waals surface area (Å²) in [6, 6.07) is -0.0133. The average Bonchev–Trinajstić information content (AvgIpc) is 2.15. The molecule has 4 heteroatoms. The molecule has 0 bridgehead atoms. The first-order valence-electron chi connectivity index (χ1n) is 5.60. The fraction of sp³-hybridized carbons (Fsp3) is 0.909. The molecule has 2 N–H and O–H groups in total. The standard InChI is InChI=1S/C11H22N2O2/c1-11(2,3)12-10(15)13-6-4-5-9(7-13)8-14/h9,14H,4-8H2,1-3H3,(H,12,15). The van der Waals surface area contributed by atoms with Gasteiger partial charge in [-0.2, -0.15) is 0 Å². The van der Waals surface area contributed by atoms with Crippen molar-refractivity contribution in [2.24, 2.45) is 5.92 Å². The Morgan fingerprint density at radius 1 is 1.53 bits per heavy atom. The minimum atomic E-state index is -0.191. The molecule has 88 valence electrons. The first-order chi connectivity index (χ1) is 6.92. The van der Waals surface area contributed by atoms with E-state index in [1.807, 2.05) is 20.8 Å². The lowest BCUT2D eigenvalue weighted by Gasteiger charge is -2.34. The Bertz CT molecular complexity index is 223. The monoisotopic (exact) mass is 214 g/mol. The average molecular weight is 214 g/mol. The summed E-state index contributed by atoms with van der Waals surface area (Å²) in [7, 11) is 0. The summed E-state index contributed by atoms with van der Waals surface area (Å²) in [5, 5.41) is 12.0. The molecule has 0 aliphatic carbocycles. The van der Waals surface area contributed by atoms with Crippen LogP contribution in [0, 0.1) is 5.92 Å². The molecule has 4 nitrogen and oxygen atoms in total. The molecule has 1 saturated heterocycles. The van der Waals surface area contributed by atoms with Crippen LogP contribution < -0.4 is 5.32 Å². The van der Waals surface area contributed by atoms with Crippen molar-refractivity contribution >= 4 is 6.03 Å². The van der Waals surface area contributed by atoms with Crippen LogP contribution in [-0.2, 0) is 0 Å². The second-order valence-corrected chi connectivity index (χ2v) is 5.32. The van der Waals surface area contributed by atoms with Crippen molar-refractivity contribution in [1.82, 2.24) is 10.2 Å². The minimum absolute atomic E-state index is 0.0133. The van der Waals surface area contributed by atoms with Gasteiger partial charge in [-0.1, -0.05) is 0 Å². The molecule has 1 fully saturated rings. The Morgan fingerprint density at radius 3 is 2.73 bits per heavy atom. The van der Waals surface area contributed by atoms with Crippen LogP contribution in [0.2, 0.25) is 0 Å². The van der Waals surface area contributed by atoms with E-state index in [-0.39, 0.29) is 24.1 Å². The lowest BCUT2D eigenvalue weighted by atomic mass is 9.99. The fourth-order valence-corrected chi connectivity index (χ4v) is 1.80. The zero-order chi connectivity index (χ0) is 11.5. The predicted molar refractivity (Wildman–Crippen MR) is 59.7 cm³/mol. The molecular formula is C11H22N2O2. The Labute approximate surface area is 91.6 Å². The molecule has 1 aliphatic heterocycles. The minimum Gasteiger partial charge on any atom is -0.396 e. The summed E-state index contributed by atoms with van der Waals surface area (Å²) in [6.07, 6.45) is 2.01. The van der Waals surface area contributed by atoms with Gasteiger partial charge in [0.1, 0.15) is 0 Å². The molecule has 1 heterocycles. The molecule has 0 radical (unpaired) electrons. The number of hydrogen-bond acceptors (Lipinski definition) is 2. The van der Waals surface area contributed by atoms with Crippen molar-refractivity contribution in [3.63, 3.8) is 0 Å². The maximum Gasteiger partial charge on any atom is 0.317 e. The number of hydrogen-bond donors (Lipinski definition) is 2. The third-order valence-corrected chi connectivity index (χ3v) is 2.55. The first kappa shape index (κ1) is 12.3. The van der Waals surface area contributed by atoms with Gasteiger partial charge in [0.15, 0.2) is 0 Å². The van der Waals surface area contributed by atoms with E-state index in [9.17, 15) is 4.79 Å². The lowest BCUT2D eigenvalue weighted by Crippen LogP contribution is -2.51. The van der Waals surface area contributed by atoms with Crippen molar-refractivity contribution in [3.8, 4) is 0 Å². The third-order valence-electron chi connectivity index (χ3n) is 2.55. The number of amides is 2. The van der Waals surface area contributed by atoms with Crippen LogP contribution in [-0.4, -0.2) is 41.3 Å². The number of piperidine rings is 1. The normalized spacial score (nSPS) is 22.7. The van der Waals surface area contributed by atoms with Gasteiger partial charge in [-0.15, -0.1) is 0 Å². The molecule has 0 saturated carbocycles. The number of likely N-dealkylation sites (tertiary alicyclic amines) is 1. The van der Waals surface area contributed by atoms with Crippen LogP contribution in [0.4, 0.5) is 4.79 Å². The van der Waals surface area contributed by atoms with E-state index in [4.69, 9.17) is 5.11 Å². The third kappa shape index (κ3) is 4.08. The number of nitrogens with zero attached hydrogens (tertiary/aromatic N) is 1. The molecule has 0 aromatic heterocycles. The molecule has 1 aliphatic rings. The molecule has 1 unspecified atom stereocenters. The van der Waals surface area contributed by atoms with Gasteiger partial charge in [-0.3, -0.25) is 0 Å². The summed E-state index contributed by atoms with van der Waals surface area (Å²) in [5.74, 6) is 0.254. The highest BCUT2D eigenvalue weighted by Gasteiger charge is 2.25. The smallest absolute Gasteiger partial charge is 0.317 e. The van der Waals surface area contributed by atoms with Crippen LogP contribution in [0.5, 0.6) is 0 Å². The number of carbonyl (C=O) groups excluding carboxylic acids is 1. The largest absolute Gasteiger partial charge is 0.396 e. The van der Waals surface area contributed by atoms with Crippen molar-refractivity contribution in [3.05, 3.63) is 0 Å². The van der Waals surface area contributed by atoms with Crippen LogP contribution in [0.1, 0.15) is 33.6 Å². The lowest BCUT2D eigenvalue weighted by molar-refractivity contribution is 0.126. The fourth-order valence-electron chi connectivity index (χ4n) is 1.80. The Morgan fingerprint density at radius 2 is 2.20 bits per heavy atom. The zero-order valence-electron chi connectivity index (χ0n) is 9.92. The number of urea groups is 1. The molecule has 2 amide bonds. The van der Waals surface area contributed by atoms with Crippen molar-refractivity contribution in [1.29, 1.82) is 0 Å². The van der Waals surface area contributed by atoms with E-state index in [0.717, 1.165) is 19.4 Å². The number of aliphatic hydroxyl groups is 1. The summed E-state index contributed by atoms with van der Waals surface area (Å²) >= 11 is 0. The van der Waals surface area contributed by atoms with Gasteiger partial charge in [0.25, 0.3) is 0 Å². The van der Waals surface area contributed by atoms with E-state index < -0.39 is 0 Å². The van der Waals surface area contributed by atoms with Gasteiger partial charge in [-0.25, -0.2) is 4.79 Å². The van der Waals surface area contributed by atoms with E-state index in [1.54, 1.807) is 4.90 Å². The molecule has 1 rings (SSSR count). The van der Waals surface area contributed by atoms with Gasteiger partial charge in [-0.05, 0) is 39.5 Å². The maximum absolute atomic E-state index is 11.8. The summed E-state index contributed by atoms with van der Waals surface area (Å²) in [4.78, 5) is 13.6. The zero-order valence-corrected chi connectivity index (χ0v) is 9.92. The van der Waals surface area contributed by atoms with Gasteiger partial charge in [0.2, 0.25) is 0 Å². The first-order valence-corrected chi connectivity index (χ1v) is 5.60. The number of aliphatic hydroxyl groups excluding tert-OH is 1. The van der Waals surface area contributed by atoms with Crippen LogP contribution in [0.15, 0.2) is 0 Å². The Kier molecular flexibility index (Phi) is 3.97. The highest BCUT2D eigenvalue weighted by molar-refractivity contribution is 5.75. The highest BCUT2D eigenvalue weighted by Crippen LogP contribution is 2.16. The number of carbonyl (C=O) groups is 1. The molecule has 0 aromatic carbocycles. The quantitative estimate of drug-likeness (QED) is 0.689. The topological polar surface area (TPSA) is 52.6 Å². The highest BCUT2D eigenvalue weighted by atomic mass is 16.3. The number of nitrogens with one attached hydrogen (secondary N) is 1. The molecular weight excluding hydrogens is 192 g/mol. The van der Waals surface area contributed by atoms with Gasteiger partial charge in [0.05, 0.1) is 0 Å². The Hall–Kier alpha value is -0.770. The van der Waals surface area contributed by atoms with E-state index >= 15 is 0 Å². The van der Waals surface area contributed by atoms with Crippen LogP contribution in [0.3, 0.4) is 0 Å². The molecule has 0 spiro atoms. The maximum atomic E-state index is 11.8. The number of rotatable bonds is 1. The Balaban J connectivity index is 2.45. The van der Waals surface area contributed by atoms with E-state index in [0.29, 0.717) is 6.54 Å². The summed E-state index contributed by atoms with van der Waals surface area (Å²) in [5.41, 5.74) is -0.191. The van der Waals surface area contributed by atoms with Gasteiger partial charge in [0, 0.05) is 25.2 Å². The van der Waals surface area contributed by atoms with E-state index in [1.165, 1.54) is 0 Å². The van der Waals surface area contributed by atoms with Gasteiger partial charge < -0.3 is 15.3 Å². The van der Waals surface area contributed by atoms with Crippen molar-refractivity contribution in [2.45, 2.75) is 39.2 Å². The summed E-state index contributed by atoms with van der Waals surface area (Å²) < 4.78 is 0. The second-order valence-electron chi connectivity index (χ2n) is 5.32. The second kappa shape index (κ2) is 4.84. The molecule has 15 heavy (non-hydrogen) atoms. The van der Waals surface area contributed by atoms with Crippen LogP contribution >= 0.6 is 0 Å². The van der Waals surface area contributed by atoms with E-state index in [2.05, 4.69) is 5.32 Å². The predicted octanol–water partition coefficient (Wildman–Crippen LogP) is 1.20. The van der Waals surface area contributed by atoms with Gasteiger partial charge >= 0.3 is 6.03 Å².